The molecule has 1 saturated heterocycles. The highest BCUT2D eigenvalue weighted by atomic mass is 35.5. The molecule has 1 fully saturated rings. The molecule has 2 N–H and O–H groups in total. The van der Waals surface area contributed by atoms with Crippen molar-refractivity contribution in [3.8, 4) is 5.75 Å². The van der Waals surface area contributed by atoms with E-state index in [1.807, 2.05) is 12.1 Å². The van der Waals surface area contributed by atoms with Crippen LogP contribution >= 0.6 is 23.2 Å². The highest BCUT2D eigenvalue weighted by Crippen LogP contribution is 2.27. The topological polar surface area (TPSA) is 82.1 Å². The Hall–Kier alpha value is -2.48. The first-order chi connectivity index (χ1) is 16.0. The molecule has 0 spiro atoms. The highest BCUT2D eigenvalue weighted by Gasteiger charge is 2.30. The molecule has 0 aliphatic carbocycles. The summed E-state index contributed by atoms with van der Waals surface area (Å²) in [5.74, 6) is -0.0259. The van der Waals surface area contributed by atoms with E-state index >= 15 is 0 Å². The number of nitrogens with one attached hydrogen (secondary N) is 1. The van der Waals surface area contributed by atoms with Crippen molar-refractivity contribution in [1.82, 2.24) is 15.1 Å². The molecule has 184 valence electrons. The smallest absolute Gasteiger partial charge is 0.408 e. The third kappa shape index (κ3) is 7.52. The fourth-order valence-electron chi connectivity index (χ4n) is 3.78. The molecule has 9 heteroatoms. The van der Waals surface area contributed by atoms with Gasteiger partial charge in [-0.15, -0.1) is 0 Å². The predicted octanol–water partition coefficient (Wildman–Crippen LogP) is 4.48. The van der Waals surface area contributed by atoms with Crippen LogP contribution in [0.4, 0.5) is 4.79 Å². The van der Waals surface area contributed by atoms with Crippen LogP contribution in [0.1, 0.15) is 31.9 Å². The largest absolute Gasteiger partial charge is 0.508 e. The fourth-order valence-corrected chi connectivity index (χ4v) is 4.16. The van der Waals surface area contributed by atoms with Gasteiger partial charge in [0.25, 0.3) is 0 Å². The molecule has 1 aliphatic heterocycles. The standard InChI is InChI=1S/C25H31Cl2N3O4/c1-25(2,3)34-24(33)28-21(15-17-7-9-19(31)10-8-17)23(32)30-13-11-29(12-14-30)16-18-5-4-6-20(26)22(18)27/h4-10,21,31H,11-16H2,1-3H3,(H,28,33). The Morgan fingerprint density at radius 2 is 1.71 bits per heavy atom. The monoisotopic (exact) mass is 507 g/mol. The van der Waals surface area contributed by atoms with Crippen molar-refractivity contribution < 1.29 is 19.4 Å². The Balaban J connectivity index is 1.65. The zero-order valence-electron chi connectivity index (χ0n) is 19.7. The molecule has 7 nitrogen and oxygen atoms in total. The molecule has 0 bridgehead atoms. The molecular formula is C25H31Cl2N3O4. The van der Waals surface area contributed by atoms with Crippen LogP contribution < -0.4 is 5.32 Å². The van der Waals surface area contributed by atoms with Gasteiger partial charge in [-0.3, -0.25) is 9.69 Å². The van der Waals surface area contributed by atoms with E-state index in [0.29, 0.717) is 42.8 Å². The number of ether oxygens (including phenoxy) is 1. The quantitative estimate of drug-likeness (QED) is 0.602. The molecule has 0 radical (unpaired) electrons. The number of hydrogen-bond donors (Lipinski definition) is 2. The molecular weight excluding hydrogens is 477 g/mol. The normalized spacial score (nSPS) is 15.6. The van der Waals surface area contributed by atoms with E-state index in [0.717, 1.165) is 11.1 Å². The Bertz CT molecular complexity index is 1000. The number of aromatic hydroxyl groups is 1. The summed E-state index contributed by atoms with van der Waals surface area (Å²) in [5, 5.41) is 13.4. The molecule has 34 heavy (non-hydrogen) atoms. The lowest BCUT2D eigenvalue weighted by molar-refractivity contribution is -0.135. The van der Waals surface area contributed by atoms with Gasteiger partial charge in [0, 0.05) is 39.1 Å². The number of amides is 2. The molecule has 2 amide bonds. The maximum atomic E-state index is 13.4. The Kier molecular flexibility index (Phi) is 8.68. The SMILES string of the molecule is CC(C)(C)OC(=O)NC(Cc1ccc(O)cc1)C(=O)N1CCN(Cc2cccc(Cl)c2Cl)CC1. The number of carbonyl (C=O) groups excluding carboxylic acids is 2. The Labute approximate surface area is 210 Å². The van der Waals surface area contributed by atoms with Crippen LogP contribution in [0.5, 0.6) is 5.75 Å². The minimum absolute atomic E-state index is 0.141. The maximum absolute atomic E-state index is 13.4. The summed E-state index contributed by atoms with van der Waals surface area (Å²) < 4.78 is 5.37. The van der Waals surface area contributed by atoms with Gasteiger partial charge >= 0.3 is 6.09 Å². The van der Waals surface area contributed by atoms with Gasteiger partial charge in [0.15, 0.2) is 0 Å². The van der Waals surface area contributed by atoms with Crippen LogP contribution in [0.3, 0.4) is 0 Å². The second-order valence-electron chi connectivity index (χ2n) is 9.38. The summed E-state index contributed by atoms with van der Waals surface area (Å²) >= 11 is 12.4. The van der Waals surface area contributed by atoms with Gasteiger partial charge in [-0.05, 0) is 50.1 Å². The maximum Gasteiger partial charge on any atom is 0.408 e. The predicted molar refractivity (Wildman–Crippen MR) is 133 cm³/mol. The number of benzene rings is 2. The van der Waals surface area contributed by atoms with Crippen LogP contribution in [-0.2, 0) is 22.5 Å². The first-order valence-electron chi connectivity index (χ1n) is 11.2. The summed E-state index contributed by atoms with van der Waals surface area (Å²) in [6.45, 7) is 8.37. The number of nitrogens with zero attached hydrogens (tertiary/aromatic N) is 2. The zero-order chi connectivity index (χ0) is 24.9. The van der Waals surface area contributed by atoms with Gasteiger partial charge < -0.3 is 20.1 Å². The van der Waals surface area contributed by atoms with Gasteiger partial charge in [0.1, 0.15) is 17.4 Å². The average Bonchev–Trinajstić information content (AvgIpc) is 2.77. The third-order valence-electron chi connectivity index (χ3n) is 5.47. The van der Waals surface area contributed by atoms with E-state index in [1.54, 1.807) is 56.0 Å². The van der Waals surface area contributed by atoms with Crippen LogP contribution in [0.15, 0.2) is 42.5 Å². The molecule has 2 aromatic carbocycles. The van der Waals surface area contributed by atoms with Crippen molar-refractivity contribution in [1.29, 1.82) is 0 Å². The third-order valence-corrected chi connectivity index (χ3v) is 6.33. The van der Waals surface area contributed by atoms with E-state index in [2.05, 4.69) is 10.2 Å². The molecule has 0 saturated carbocycles. The van der Waals surface area contributed by atoms with Crippen molar-refractivity contribution in [2.75, 3.05) is 26.2 Å². The van der Waals surface area contributed by atoms with E-state index in [1.165, 1.54) is 0 Å². The van der Waals surface area contributed by atoms with Crippen molar-refractivity contribution in [2.45, 2.75) is 45.4 Å². The first-order valence-corrected chi connectivity index (χ1v) is 12.0. The van der Waals surface area contributed by atoms with E-state index in [9.17, 15) is 14.7 Å². The van der Waals surface area contributed by atoms with Gasteiger partial charge in [0.05, 0.1) is 10.0 Å². The molecule has 1 unspecified atom stereocenters. The summed E-state index contributed by atoms with van der Waals surface area (Å²) in [4.78, 5) is 29.8. The molecule has 3 rings (SSSR count). The Morgan fingerprint density at radius 3 is 2.32 bits per heavy atom. The number of piperazine rings is 1. The second kappa shape index (κ2) is 11.3. The minimum atomic E-state index is -0.784. The lowest BCUT2D eigenvalue weighted by Gasteiger charge is -2.36. The van der Waals surface area contributed by atoms with Crippen LogP contribution in [0.25, 0.3) is 0 Å². The summed E-state index contributed by atoms with van der Waals surface area (Å²) in [6.07, 6.45) is -0.352. The zero-order valence-corrected chi connectivity index (χ0v) is 21.2. The first kappa shape index (κ1) is 26.1. The van der Waals surface area contributed by atoms with E-state index in [-0.39, 0.29) is 18.1 Å². The number of phenols is 1. The van der Waals surface area contributed by atoms with E-state index < -0.39 is 17.7 Å². The van der Waals surface area contributed by atoms with Crippen molar-refractivity contribution in [3.05, 3.63) is 63.6 Å². The van der Waals surface area contributed by atoms with Crippen LogP contribution in [0.2, 0.25) is 10.0 Å². The number of halogens is 2. The number of rotatable bonds is 6. The van der Waals surface area contributed by atoms with Crippen molar-refractivity contribution >= 4 is 35.2 Å². The van der Waals surface area contributed by atoms with Crippen LogP contribution in [0, 0.1) is 0 Å². The highest BCUT2D eigenvalue weighted by molar-refractivity contribution is 6.42. The van der Waals surface area contributed by atoms with Gasteiger partial charge in [0.2, 0.25) is 5.91 Å². The van der Waals surface area contributed by atoms with Crippen LogP contribution in [-0.4, -0.2) is 64.7 Å². The van der Waals surface area contributed by atoms with Gasteiger partial charge in [-0.25, -0.2) is 4.79 Å². The van der Waals surface area contributed by atoms with Gasteiger partial charge in [-0.2, -0.15) is 0 Å². The minimum Gasteiger partial charge on any atom is -0.508 e. The summed E-state index contributed by atoms with van der Waals surface area (Å²) in [5.41, 5.74) is 1.09. The molecule has 1 heterocycles. The molecule has 1 atom stereocenters. The van der Waals surface area contributed by atoms with E-state index in [4.69, 9.17) is 27.9 Å². The molecule has 1 aliphatic rings. The number of carbonyl (C=O) groups is 2. The van der Waals surface area contributed by atoms with Gasteiger partial charge in [-0.1, -0.05) is 47.5 Å². The molecule has 0 aromatic heterocycles. The summed E-state index contributed by atoms with van der Waals surface area (Å²) in [6, 6.07) is 11.4. The van der Waals surface area contributed by atoms with Crippen molar-refractivity contribution in [3.63, 3.8) is 0 Å². The number of hydrogen-bond acceptors (Lipinski definition) is 5. The summed E-state index contributed by atoms with van der Waals surface area (Å²) in [7, 11) is 0. The van der Waals surface area contributed by atoms with Crippen molar-refractivity contribution in [2.24, 2.45) is 0 Å². The lowest BCUT2D eigenvalue weighted by atomic mass is 10.0. The lowest BCUT2D eigenvalue weighted by Crippen LogP contribution is -2.55. The Morgan fingerprint density at radius 1 is 1.06 bits per heavy atom. The fraction of sp³-hybridized carbons (Fsp3) is 0.440. The number of alkyl carbamates (subject to hydrolysis) is 1. The number of phenolic OH excluding ortho intramolecular Hbond substituents is 1. The second-order valence-corrected chi connectivity index (χ2v) is 10.2. The molecule has 2 aromatic rings. The average molecular weight is 508 g/mol.